The van der Waals surface area contributed by atoms with Gasteiger partial charge >= 0.3 is 0 Å². The highest BCUT2D eigenvalue weighted by atomic mass is 35.5. The fourth-order valence-electron chi connectivity index (χ4n) is 1.80. The van der Waals surface area contributed by atoms with Gasteiger partial charge in [0.1, 0.15) is 11.5 Å². The first kappa shape index (κ1) is 13.2. The zero-order chi connectivity index (χ0) is 12.3. The van der Waals surface area contributed by atoms with E-state index in [1.807, 2.05) is 25.3 Å². The van der Waals surface area contributed by atoms with Crippen molar-refractivity contribution in [3.8, 4) is 0 Å². The second-order valence-electron chi connectivity index (χ2n) is 4.93. The van der Waals surface area contributed by atoms with Crippen LogP contribution < -0.4 is 0 Å². The molecule has 0 aliphatic carbocycles. The Morgan fingerprint density at radius 3 is 2.50 bits per heavy atom. The van der Waals surface area contributed by atoms with Gasteiger partial charge in [0.05, 0.1) is 0 Å². The third kappa shape index (κ3) is 2.64. The Labute approximate surface area is 102 Å². The van der Waals surface area contributed by atoms with Crippen molar-refractivity contribution < 1.29 is 4.79 Å². The van der Waals surface area contributed by atoms with Crippen LogP contribution in [0.25, 0.3) is 0 Å². The van der Waals surface area contributed by atoms with Crippen LogP contribution in [-0.2, 0) is 12.0 Å². The molecule has 0 bridgehead atoms. The number of nitrogens with zero attached hydrogens (tertiary/aromatic N) is 2. The van der Waals surface area contributed by atoms with E-state index in [0.717, 1.165) is 31.4 Å². The van der Waals surface area contributed by atoms with Gasteiger partial charge in [-0.2, -0.15) is 0 Å². The largest absolute Gasteiger partial charge is 0.319 e. The first-order chi connectivity index (χ1) is 7.41. The van der Waals surface area contributed by atoms with Crippen LogP contribution in [0.15, 0.2) is 0 Å². The SMILES string of the molecule is CCCCc1nc(Cl)c(C=O)n1C(C)(C)C. The van der Waals surface area contributed by atoms with Crippen LogP contribution in [0.3, 0.4) is 0 Å². The van der Waals surface area contributed by atoms with E-state index in [2.05, 4.69) is 11.9 Å². The van der Waals surface area contributed by atoms with Gasteiger partial charge in [-0.25, -0.2) is 4.98 Å². The number of carbonyl (C=O) groups is 1. The average Bonchev–Trinajstić information content (AvgIpc) is 2.50. The summed E-state index contributed by atoms with van der Waals surface area (Å²) in [5.41, 5.74) is 0.319. The molecule has 3 nitrogen and oxygen atoms in total. The smallest absolute Gasteiger partial charge is 0.169 e. The van der Waals surface area contributed by atoms with E-state index in [0.29, 0.717) is 10.8 Å². The molecule has 0 N–H and O–H groups in total. The topological polar surface area (TPSA) is 34.9 Å². The van der Waals surface area contributed by atoms with Crippen molar-refractivity contribution in [1.82, 2.24) is 9.55 Å². The molecule has 0 aliphatic heterocycles. The molecule has 0 unspecified atom stereocenters. The van der Waals surface area contributed by atoms with Crippen molar-refractivity contribution in [2.75, 3.05) is 0 Å². The molecule has 0 aromatic carbocycles. The van der Waals surface area contributed by atoms with Crippen molar-refractivity contribution in [1.29, 1.82) is 0 Å². The van der Waals surface area contributed by atoms with Gasteiger partial charge in [-0.1, -0.05) is 24.9 Å². The quantitative estimate of drug-likeness (QED) is 0.758. The third-order valence-electron chi connectivity index (χ3n) is 2.47. The van der Waals surface area contributed by atoms with E-state index in [9.17, 15) is 4.79 Å². The number of imidazole rings is 1. The van der Waals surface area contributed by atoms with E-state index in [1.165, 1.54) is 0 Å². The Hall–Kier alpha value is -0.830. The lowest BCUT2D eigenvalue weighted by Crippen LogP contribution is -2.26. The minimum atomic E-state index is -0.167. The number of aryl methyl sites for hydroxylation is 1. The highest BCUT2D eigenvalue weighted by Gasteiger charge is 2.23. The van der Waals surface area contributed by atoms with E-state index >= 15 is 0 Å². The number of rotatable bonds is 4. The Kier molecular flexibility index (Phi) is 4.14. The van der Waals surface area contributed by atoms with Crippen LogP contribution in [0.1, 0.15) is 56.8 Å². The number of aldehydes is 1. The maximum Gasteiger partial charge on any atom is 0.169 e. The highest BCUT2D eigenvalue weighted by molar-refractivity contribution is 6.31. The molecule has 1 rings (SSSR count). The van der Waals surface area contributed by atoms with E-state index in [1.54, 1.807) is 0 Å². The summed E-state index contributed by atoms with van der Waals surface area (Å²) in [6, 6.07) is 0. The normalized spacial score (nSPS) is 11.8. The number of hydrogen-bond donors (Lipinski definition) is 0. The summed E-state index contributed by atoms with van der Waals surface area (Å²) in [4.78, 5) is 15.3. The molecular formula is C12H19ClN2O. The van der Waals surface area contributed by atoms with Gasteiger partial charge in [-0.15, -0.1) is 0 Å². The third-order valence-corrected chi connectivity index (χ3v) is 2.75. The number of hydrogen-bond acceptors (Lipinski definition) is 2. The lowest BCUT2D eigenvalue weighted by atomic mass is 10.1. The Morgan fingerprint density at radius 2 is 2.06 bits per heavy atom. The molecule has 0 saturated carbocycles. The average molecular weight is 243 g/mol. The molecule has 0 fully saturated rings. The molecule has 1 aromatic rings. The van der Waals surface area contributed by atoms with Gasteiger partial charge in [0.25, 0.3) is 0 Å². The molecule has 0 spiro atoms. The number of carbonyl (C=O) groups excluding carboxylic acids is 1. The molecule has 0 aliphatic rings. The summed E-state index contributed by atoms with van der Waals surface area (Å²) in [6.07, 6.45) is 3.81. The highest BCUT2D eigenvalue weighted by Crippen LogP contribution is 2.25. The van der Waals surface area contributed by atoms with Crippen molar-refractivity contribution in [3.63, 3.8) is 0 Å². The van der Waals surface area contributed by atoms with E-state index in [-0.39, 0.29) is 5.54 Å². The van der Waals surface area contributed by atoms with Crippen molar-refractivity contribution >= 4 is 17.9 Å². The van der Waals surface area contributed by atoms with Gasteiger partial charge in [0, 0.05) is 12.0 Å². The van der Waals surface area contributed by atoms with Crippen LogP contribution in [0, 0.1) is 0 Å². The zero-order valence-corrected chi connectivity index (χ0v) is 11.1. The minimum absolute atomic E-state index is 0.167. The van der Waals surface area contributed by atoms with Gasteiger partial charge in [0.2, 0.25) is 0 Å². The molecule has 16 heavy (non-hydrogen) atoms. The predicted octanol–water partition coefficient (Wildman–Crippen LogP) is 3.45. The molecule has 0 atom stereocenters. The van der Waals surface area contributed by atoms with Crippen LogP contribution in [0.2, 0.25) is 5.15 Å². The fourth-order valence-corrected chi connectivity index (χ4v) is 2.03. The monoisotopic (exact) mass is 242 g/mol. The lowest BCUT2D eigenvalue weighted by Gasteiger charge is -2.24. The van der Waals surface area contributed by atoms with Gasteiger partial charge in [-0.3, -0.25) is 4.79 Å². The predicted molar refractivity (Wildman–Crippen MR) is 66.2 cm³/mol. The summed E-state index contributed by atoms with van der Waals surface area (Å²) in [6.45, 7) is 8.28. The summed E-state index contributed by atoms with van der Waals surface area (Å²) < 4.78 is 1.94. The molecule has 1 heterocycles. The van der Waals surface area contributed by atoms with Crippen molar-refractivity contribution in [2.24, 2.45) is 0 Å². The fraction of sp³-hybridized carbons (Fsp3) is 0.667. The van der Waals surface area contributed by atoms with Crippen LogP contribution >= 0.6 is 11.6 Å². The van der Waals surface area contributed by atoms with E-state index in [4.69, 9.17) is 11.6 Å². The van der Waals surface area contributed by atoms with Crippen LogP contribution in [0.4, 0.5) is 0 Å². The summed E-state index contributed by atoms with van der Waals surface area (Å²) in [5.74, 6) is 0.904. The minimum Gasteiger partial charge on any atom is -0.319 e. The number of halogens is 1. The van der Waals surface area contributed by atoms with Gasteiger partial charge in [0.15, 0.2) is 11.4 Å². The van der Waals surface area contributed by atoms with Crippen LogP contribution in [0.5, 0.6) is 0 Å². The summed E-state index contributed by atoms with van der Waals surface area (Å²) >= 11 is 5.97. The Morgan fingerprint density at radius 1 is 1.44 bits per heavy atom. The summed E-state index contributed by atoms with van der Waals surface area (Å²) in [5, 5.41) is 0.316. The van der Waals surface area contributed by atoms with Gasteiger partial charge < -0.3 is 4.57 Å². The first-order valence-corrected chi connectivity index (χ1v) is 6.02. The standard InChI is InChI=1S/C12H19ClN2O/c1-5-6-7-10-14-11(13)9(8-16)15(10)12(2,3)4/h8H,5-7H2,1-4H3. The first-order valence-electron chi connectivity index (χ1n) is 5.64. The maximum atomic E-state index is 11.0. The van der Waals surface area contributed by atoms with Crippen LogP contribution in [-0.4, -0.2) is 15.8 Å². The lowest BCUT2D eigenvalue weighted by molar-refractivity contribution is 0.111. The van der Waals surface area contributed by atoms with Gasteiger partial charge in [-0.05, 0) is 27.2 Å². The second kappa shape index (κ2) is 5.00. The molecule has 0 radical (unpaired) electrons. The molecule has 90 valence electrons. The number of unbranched alkanes of at least 4 members (excludes halogenated alkanes) is 1. The zero-order valence-electron chi connectivity index (χ0n) is 10.4. The Bertz CT molecular complexity index is 377. The summed E-state index contributed by atoms with van der Waals surface area (Å²) in [7, 11) is 0. The maximum absolute atomic E-state index is 11.0. The molecule has 1 aromatic heterocycles. The van der Waals surface area contributed by atoms with Crippen molar-refractivity contribution in [2.45, 2.75) is 52.5 Å². The van der Waals surface area contributed by atoms with E-state index < -0.39 is 0 Å². The molecular weight excluding hydrogens is 224 g/mol. The second-order valence-corrected chi connectivity index (χ2v) is 5.29. The Balaban J connectivity index is 3.22. The van der Waals surface area contributed by atoms with Crippen molar-refractivity contribution in [3.05, 3.63) is 16.7 Å². The number of aromatic nitrogens is 2. The molecule has 4 heteroatoms. The molecule has 0 saturated heterocycles. The molecule has 0 amide bonds.